The van der Waals surface area contributed by atoms with Gasteiger partial charge < -0.3 is 15.1 Å². The lowest BCUT2D eigenvalue weighted by Crippen LogP contribution is -2.73. The molecule has 1 saturated carbocycles. The average Bonchev–Trinajstić information content (AvgIpc) is 2.77. The molecule has 4 saturated heterocycles. The fourth-order valence-electron chi connectivity index (χ4n) is 6.10. The van der Waals surface area contributed by atoms with E-state index in [0.29, 0.717) is 23.0 Å². The van der Waals surface area contributed by atoms with E-state index in [9.17, 15) is 4.79 Å². The lowest BCUT2D eigenvalue weighted by molar-refractivity contribution is -0.0824. The van der Waals surface area contributed by atoms with E-state index in [1.54, 1.807) is 12.4 Å². The summed E-state index contributed by atoms with van der Waals surface area (Å²) < 4.78 is 0. The van der Waals surface area contributed by atoms with Crippen molar-refractivity contribution in [1.29, 1.82) is 5.26 Å². The molecule has 164 valence electrons. The third-order valence-corrected chi connectivity index (χ3v) is 7.53. The van der Waals surface area contributed by atoms with Gasteiger partial charge in [-0.2, -0.15) is 5.26 Å². The average molecular weight is 430 g/mol. The van der Waals surface area contributed by atoms with E-state index >= 15 is 0 Å². The van der Waals surface area contributed by atoms with Gasteiger partial charge in [-0.25, -0.2) is 14.8 Å². The second-order valence-electron chi connectivity index (χ2n) is 9.92. The molecular formula is C24H27N7O. The normalized spacial score (nSPS) is 26.0. The summed E-state index contributed by atoms with van der Waals surface area (Å²) in [5.41, 5.74) is 2.25. The van der Waals surface area contributed by atoms with E-state index in [4.69, 9.17) is 5.26 Å². The highest BCUT2D eigenvalue weighted by Gasteiger charge is 2.54. The number of nitriles is 1. The van der Waals surface area contributed by atoms with Gasteiger partial charge in [0.25, 0.3) is 0 Å². The predicted molar refractivity (Wildman–Crippen MR) is 119 cm³/mol. The molecule has 5 heterocycles. The van der Waals surface area contributed by atoms with Crippen molar-refractivity contribution in [2.75, 3.05) is 31.1 Å². The number of aromatic nitrogens is 2. The minimum atomic E-state index is 0.0898. The second kappa shape index (κ2) is 7.45. The van der Waals surface area contributed by atoms with Gasteiger partial charge in [0.15, 0.2) is 0 Å². The zero-order valence-electron chi connectivity index (χ0n) is 18.0. The Morgan fingerprint density at radius 3 is 2.47 bits per heavy atom. The number of urea groups is 1. The first-order valence-corrected chi connectivity index (χ1v) is 11.4. The monoisotopic (exact) mass is 429 g/mol. The topological polar surface area (TPSA) is 88.4 Å². The Morgan fingerprint density at radius 2 is 1.81 bits per heavy atom. The Kier molecular flexibility index (Phi) is 4.54. The number of piperazine rings is 1. The molecule has 2 bridgehead atoms. The lowest BCUT2D eigenvalue weighted by Gasteiger charge is -2.60. The van der Waals surface area contributed by atoms with Crippen molar-refractivity contribution in [3.63, 3.8) is 0 Å². The molecule has 2 atom stereocenters. The van der Waals surface area contributed by atoms with Crippen LogP contribution in [0.25, 0.3) is 0 Å². The molecule has 2 unspecified atom stereocenters. The number of hydrogen-bond donors (Lipinski definition) is 1. The van der Waals surface area contributed by atoms with Crippen molar-refractivity contribution in [1.82, 2.24) is 25.1 Å². The molecule has 1 aromatic carbocycles. The molecule has 7 rings (SSSR count). The van der Waals surface area contributed by atoms with Crippen LogP contribution in [0, 0.1) is 16.7 Å². The van der Waals surface area contributed by atoms with Gasteiger partial charge in [0.2, 0.25) is 5.95 Å². The van der Waals surface area contributed by atoms with Crippen molar-refractivity contribution >= 4 is 12.0 Å². The van der Waals surface area contributed by atoms with E-state index in [1.165, 1.54) is 5.56 Å². The van der Waals surface area contributed by atoms with Crippen molar-refractivity contribution in [3.05, 3.63) is 53.9 Å². The van der Waals surface area contributed by atoms with Crippen LogP contribution < -0.4 is 10.2 Å². The van der Waals surface area contributed by atoms with E-state index in [2.05, 4.69) is 55.4 Å². The maximum atomic E-state index is 12.9. The molecule has 8 nitrogen and oxygen atoms in total. The SMILES string of the molecule is N#Cc1cnc(N2CC3CC(C2)N3C(=O)NC2CC3(C2)CN(Cc2ccccc2)C3)nc1. The molecule has 1 N–H and O–H groups in total. The minimum absolute atomic E-state index is 0.0898. The van der Waals surface area contributed by atoms with Gasteiger partial charge in [-0.15, -0.1) is 0 Å². The van der Waals surface area contributed by atoms with Gasteiger partial charge in [0, 0.05) is 38.8 Å². The van der Waals surface area contributed by atoms with E-state index in [-0.39, 0.29) is 18.1 Å². The number of rotatable bonds is 4. The number of amides is 2. The molecule has 5 aliphatic rings. The Balaban J connectivity index is 0.962. The number of carbonyl (C=O) groups is 1. The number of piperidine rings is 1. The molecule has 0 radical (unpaired) electrons. The first kappa shape index (κ1) is 19.5. The summed E-state index contributed by atoms with van der Waals surface area (Å²) in [6.45, 7) is 4.81. The predicted octanol–water partition coefficient (Wildman–Crippen LogP) is 1.99. The van der Waals surface area contributed by atoms with Crippen molar-refractivity contribution < 1.29 is 4.79 Å². The van der Waals surface area contributed by atoms with Crippen molar-refractivity contribution in [2.45, 2.75) is 43.9 Å². The van der Waals surface area contributed by atoms with Crippen LogP contribution in [0.15, 0.2) is 42.7 Å². The molecule has 5 fully saturated rings. The molecule has 1 aromatic heterocycles. The van der Waals surface area contributed by atoms with Gasteiger partial charge in [-0.05, 0) is 30.2 Å². The second-order valence-corrected chi connectivity index (χ2v) is 9.92. The molecule has 1 spiro atoms. The Morgan fingerprint density at radius 1 is 1.12 bits per heavy atom. The van der Waals surface area contributed by atoms with E-state index < -0.39 is 0 Å². The summed E-state index contributed by atoms with van der Waals surface area (Å²) >= 11 is 0. The van der Waals surface area contributed by atoms with Crippen LogP contribution >= 0.6 is 0 Å². The molecule has 32 heavy (non-hydrogen) atoms. The standard InChI is InChI=1S/C24H27N7O/c25-9-18-10-26-22(27-11-18)30-13-20-6-21(14-30)31(20)23(32)28-19-7-24(8-19)15-29(16-24)12-17-4-2-1-3-5-17/h1-5,10-11,19-21H,6-8,12-16H2,(H,28,32). The minimum Gasteiger partial charge on any atom is -0.337 e. The number of nitrogens with one attached hydrogen (secondary N) is 1. The van der Waals surface area contributed by atoms with E-state index in [0.717, 1.165) is 52.0 Å². The van der Waals surface area contributed by atoms with Gasteiger partial charge in [0.05, 0.1) is 30.0 Å². The zero-order valence-corrected chi connectivity index (χ0v) is 18.0. The first-order chi connectivity index (χ1) is 15.6. The number of likely N-dealkylation sites (tertiary alicyclic amines) is 1. The Labute approximate surface area is 187 Å². The van der Waals surface area contributed by atoms with Crippen molar-refractivity contribution in [2.24, 2.45) is 5.41 Å². The van der Waals surface area contributed by atoms with E-state index in [1.807, 2.05) is 11.0 Å². The number of fused-ring (bicyclic) bond motifs is 2. The molecule has 2 aromatic rings. The van der Waals surface area contributed by atoms with Crippen LogP contribution in [-0.4, -0.2) is 70.1 Å². The summed E-state index contributed by atoms with van der Waals surface area (Å²) in [6.07, 6.45) is 6.35. The van der Waals surface area contributed by atoms with Crippen LogP contribution in [0.1, 0.15) is 30.4 Å². The summed E-state index contributed by atoms with van der Waals surface area (Å²) in [5.74, 6) is 0.643. The number of anilines is 1. The third kappa shape index (κ3) is 3.37. The maximum Gasteiger partial charge on any atom is 0.318 e. The molecule has 1 aliphatic carbocycles. The van der Waals surface area contributed by atoms with Crippen LogP contribution in [0.2, 0.25) is 0 Å². The quantitative estimate of drug-likeness (QED) is 0.800. The number of nitrogens with zero attached hydrogens (tertiary/aromatic N) is 6. The van der Waals surface area contributed by atoms with Crippen LogP contribution in [-0.2, 0) is 6.54 Å². The van der Waals surface area contributed by atoms with Crippen molar-refractivity contribution in [3.8, 4) is 6.07 Å². The highest BCUT2D eigenvalue weighted by Crippen LogP contribution is 2.49. The smallest absolute Gasteiger partial charge is 0.318 e. The zero-order chi connectivity index (χ0) is 21.7. The summed E-state index contributed by atoms with van der Waals surface area (Å²) in [4.78, 5) is 28.2. The van der Waals surface area contributed by atoms with Crippen LogP contribution in [0.5, 0.6) is 0 Å². The van der Waals surface area contributed by atoms with Crippen LogP contribution in [0.3, 0.4) is 0 Å². The number of benzene rings is 1. The number of carbonyl (C=O) groups excluding carboxylic acids is 1. The fourth-order valence-corrected chi connectivity index (χ4v) is 6.10. The van der Waals surface area contributed by atoms with Gasteiger partial charge in [0.1, 0.15) is 6.07 Å². The third-order valence-electron chi connectivity index (χ3n) is 7.53. The van der Waals surface area contributed by atoms with Gasteiger partial charge >= 0.3 is 6.03 Å². The molecule has 4 aliphatic heterocycles. The summed E-state index contributed by atoms with van der Waals surface area (Å²) in [7, 11) is 0. The molecule has 8 heteroatoms. The first-order valence-electron chi connectivity index (χ1n) is 11.4. The Hall–Kier alpha value is -3.18. The summed E-state index contributed by atoms with van der Waals surface area (Å²) in [5, 5.41) is 12.2. The number of hydrogen-bond acceptors (Lipinski definition) is 6. The highest BCUT2D eigenvalue weighted by atomic mass is 16.2. The molecule has 2 amide bonds. The Bertz CT molecular complexity index is 1020. The fraction of sp³-hybridized carbons (Fsp3) is 0.500. The maximum absolute atomic E-state index is 12.9. The van der Waals surface area contributed by atoms with Gasteiger partial charge in [-0.1, -0.05) is 30.3 Å². The highest BCUT2D eigenvalue weighted by molar-refractivity contribution is 5.77. The largest absolute Gasteiger partial charge is 0.337 e. The van der Waals surface area contributed by atoms with Crippen LogP contribution in [0.4, 0.5) is 10.7 Å². The lowest BCUT2D eigenvalue weighted by atomic mass is 9.60. The van der Waals surface area contributed by atoms with Gasteiger partial charge in [-0.3, -0.25) is 4.90 Å². The molecular weight excluding hydrogens is 402 g/mol. The summed E-state index contributed by atoms with van der Waals surface area (Å²) in [6, 6.07) is 13.5.